The van der Waals surface area contributed by atoms with Gasteiger partial charge in [-0.3, -0.25) is 0 Å². The molecule has 0 aromatic heterocycles. The first kappa shape index (κ1) is 8.34. The normalized spacial score (nSPS) is 12.2. The minimum atomic E-state index is 0.0889. The van der Waals surface area contributed by atoms with E-state index in [4.69, 9.17) is 5.73 Å². The average Bonchev–Trinajstić information content (AvgIpc) is 1.85. The van der Waals surface area contributed by atoms with E-state index in [1.165, 1.54) is 6.08 Å². The van der Waals surface area contributed by atoms with E-state index in [9.17, 15) is 4.79 Å². The molecular formula is C6H12N2O. The molecular weight excluding hydrogens is 116 g/mol. The topological polar surface area (TPSA) is 55.4 Å². The van der Waals surface area contributed by atoms with Crippen molar-refractivity contribution in [3.05, 3.63) is 0 Å². The lowest BCUT2D eigenvalue weighted by molar-refractivity contribution is 0.552. The lowest BCUT2D eigenvalue weighted by atomic mass is 10.2. The zero-order valence-electron chi connectivity index (χ0n) is 5.63. The maximum atomic E-state index is 9.66. The largest absolute Gasteiger partial charge is 0.330 e. The van der Waals surface area contributed by atoms with Crippen LogP contribution < -0.4 is 5.73 Å². The Bertz CT molecular complexity index is 108. The van der Waals surface area contributed by atoms with Gasteiger partial charge in [-0.25, -0.2) is 9.79 Å². The quantitative estimate of drug-likeness (QED) is 0.441. The van der Waals surface area contributed by atoms with Crippen LogP contribution in [0, 0.1) is 0 Å². The van der Waals surface area contributed by atoms with E-state index in [0.717, 1.165) is 12.8 Å². The zero-order valence-corrected chi connectivity index (χ0v) is 5.63. The fourth-order valence-electron chi connectivity index (χ4n) is 0.568. The van der Waals surface area contributed by atoms with Gasteiger partial charge in [-0.05, 0) is 26.3 Å². The van der Waals surface area contributed by atoms with Crippen molar-refractivity contribution >= 4 is 6.08 Å². The lowest BCUT2D eigenvalue weighted by Crippen LogP contribution is -2.04. The molecule has 3 heteroatoms. The van der Waals surface area contributed by atoms with Crippen molar-refractivity contribution in [3.63, 3.8) is 0 Å². The number of aliphatic imine (C=N–C) groups is 1. The summed E-state index contributed by atoms with van der Waals surface area (Å²) >= 11 is 0. The maximum Gasteiger partial charge on any atom is 0.235 e. The Morgan fingerprint density at radius 3 is 2.89 bits per heavy atom. The number of nitrogens with zero attached hydrogens (tertiary/aromatic N) is 1. The molecule has 0 saturated heterocycles. The second-order valence-electron chi connectivity index (χ2n) is 2.00. The van der Waals surface area contributed by atoms with Crippen molar-refractivity contribution in [1.82, 2.24) is 0 Å². The Morgan fingerprint density at radius 2 is 2.44 bits per heavy atom. The number of rotatable bonds is 4. The molecule has 0 rings (SSSR count). The number of isocyanates is 1. The number of carbonyl (C=O) groups excluding carboxylic acids is 1. The fourth-order valence-corrected chi connectivity index (χ4v) is 0.568. The highest BCUT2D eigenvalue weighted by molar-refractivity contribution is 5.33. The lowest BCUT2D eigenvalue weighted by Gasteiger charge is -1.99. The Kier molecular flexibility index (Phi) is 5.07. The van der Waals surface area contributed by atoms with Crippen LogP contribution in [0.25, 0.3) is 0 Å². The van der Waals surface area contributed by atoms with Crippen LogP contribution in [0.2, 0.25) is 0 Å². The molecule has 1 atom stereocenters. The van der Waals surface area contributed by atoms with Crippen molar-refractivity contribution in [2.24, 2.45) is 10.7 Å². The Labute approximate surface area is 55.0 Å². The van der Waals surface area contributed by atoms with Gasteiger partial charge in [-0.15, -0.1) is 0 Å². The van der Waals surface area contributed by atoms with Crippen LogP contribution in [-0.4, -0.2) is 18.7 Å². The second kappa shape index (κ2) is 5.48. The summed E-state index contributed by atoms with van der Waals surface area (Å²) in [4.78, 5) is 13.2. The summed E-state index contributed by atoms with van der Waals surface area (Å²) in [5, 5.41) is 0. The van der Waals surface area contributed by atoms with E-state index in [2.05, 4.69) is 4.99 Å². The highest BCUT2D eigenvalue weighted by Gasteiger charge is 1.95. The molecule has 2 N–H and O–H groups in total. The summed E-state index contributed by atoms with van der Waals surface area (Å²) in [6, 6.07) is 0.0889. The van der Waals surface area contributed by atoms with E-state index in [1.54, 1.807) is 0 Å². The van der Waals surface area contributed by atoms with E-state index in [0.29, 0.717) is 6.54 Å². The SMILES string of the molecule is CC(CCCN)N=C=O. The predicted molar refractivity (Wildman–Crippen MR) is 35.9 cm³/mol. The van der Waals surface area contributed by atoms with Crippen LogP contribution in [0.3, 0.4) is 0 Å². The van der Waals surface area contributed by atoms with Gasteiger partial charge in [0.15, 0.2) is 0 Å². The van der Waals surface area contributed by atoms with Crippen molar-refractivity contribution in [2.75, 3.05) is 6.54 Å². The van der Waals surface area contributed by atoms with Crippen LogP contribution >= 0.6 is 0 Å². The first-order valence-corrected chi connectivity index (χ1v) is 3.08. The van der Waals surface area contributed by atoms with Crippen LogP contribution in [0.15, 0.2) is 4.99 Å². The van der Waals surface area contributed by atoms with Crippen LogP contribution in [-0.2, 0) is 4.79 Å². The third-order valence-corrected chi connectivity index (χ3v) is 1.10. The molecule has 0 radical (unpaired) electrons. The van der Waals surface area contributed by atoms with Gasteiger partial charge in [-0.1, -0.05) is 0 Å². The zero-order chi connectivity index (χ0) is 7.11. The first-order chi connectivity index (χ1) is 4.31. The Balaban J connectivity index is 3.26. The monoisotopic (exact) mass is 128 g/mol. The van der Waals surface area contributed by atoms with Gasteiger partial charge >= 0.3 is 0 Å². The number of nitrogens with two attached hydrogens (primary N) is 1. The van der Waals surface area contributed by atoms with Crippen molar-refractivity contribution < 1.29 is 4.79 Å². The van der Waals surface area contributed by atoms with Crippen LogP contribution in [0.1, 0.15) is 19.8 Å². The molecule has 0 heterocycles. The summed E-state index contributed by atoms with van der Waals surface area (Å²) < 4.78 is 0. The second-order valence-corrected chi connectivity index (χ2v) is 2.00. The van der Waals surface area contributed by atoms with Crippen LogP contribution in [0.5, 0.6) is 0 Å². The van der Waals surface area contributed by atoms with Gasteiger partial charge in [0.05, 0.1) is 6.04 Å². The molecule has 0 saturated carbocycles. The van der Waals surface area contributed by atoms with E-state index >= 15 is 0 Å². The molecule has 9 heavy (non-hydrogen) atoms. The number of hydrogen-bond acceptors (Lipinski definition) is 3. The first-order valence-electron chi connectivity index (χ1n) is 3.08. The molecule has 0 aliphatic rings. The number of hydrogen-bond donors (Lipinski definition) is 1. The summed E-state index contributed by atoms with van der Waals surface area (Å²) in [5.74, 6) is 0. The highest BCUT2D eigenvalue weighted by Crippen LogP contribution is 1.97. The van der Waals surface area contributed by atoms with Crippen molar-refractivity contribution in [2.45, 2.75) is 25.8 Å². The molecule has 0 fully saturated rings. The highest BCUT2D eigenvalue weighted by atomic mass is 16.1. The third kappa shape index (κ3) is 5.21. The van der Waals surface area contributed by atoms with Gasteiger partial charge in [0.1, 0.15) is 0 Å². The predicted octanol–water partition coefficient (Wildman–Crippen LogP) is 0.450. The fraction of sp³-hybridized carbons (Fsp3) is 0.833. The average molecular weight is 128 g/mol. The van der Waals surface area contributed by atoms with Crippen molar-refractivity contribution in [3.8, 4) is 0 Å². The molecule has 0 aliphatic carbocycles. The summed E-state index contributed by atoms with van der Waals surface area (Å²) in [6.45, 7) is 2.54. The molecule has 3 nitrogen and oxygen atoms in total. The molecule has 0 spiro atoms. The molecule has 0 bridgehead atoms. The third-order valence-electron chi connectivity index (χ3n) is 1.10. The van der Waals surface area contributed by atoms with E-state index in [-0.39, 0.29) is 6.04 Å². The van der Waals surface area contributed by atoms with Gasteiger partial charge in [0.2, 0.25) is 6.08 Å². The van der Waals surface area contributed by atoms with Gasteiger partial charge < -0.3 is 5.73 Å². The summed E-state index contributed by atoms with van der Waals surface area (Å²) in [7, 11) is 0. The van der Waals surface area contributed by atoms with E-state index in [1.807, 2.05) is 6.92 Å². The van der Waals surface area contributed by atoms with E-state index < -0.39 is 0 Å². The summed E-state index contributed by atoms with van der Waals surface area (Å²) in [5.41, 5.74) is 5.23. The molecule has 0 aromatic rings. The Hall–Kier alpha value is -0.660. The van der Waals surface area contributed by atoms with Gasteiger partial charge in [0.25, 0.3) is 0 Å². The molecule has 0 aromatic carbocycles. The molecule has 0 amide bonds. The minimum absolute atomic E-state index is 0.0889. The Morgan fingerprint density at radius 1 is 1.78 bits per heavy atom. The minimum Gasteiger partial charge on any atom is -0.330 e. The maximum absolute atomic E-state index is 9.66. The molecule has 0 aliphatic heterocycles. The molecule has 1 unspecified atom stereocenters. The van der Waals surface area contributed by atoms with Gasteiger partial charge in [-0.2, -0.15) is 0 Å². The van der Waals surface area contributed by atoms with Crippen molar-refractivity contribution in [1.29, 1.82) is 0 Å². The smallest absolute Gasteiger partial charge is 0.235 e. The van der Waals surface area contributed by atoms with Crippen LogP contribution in [0.4, 0.5) is 0 Å². The molecule has 52 valence electrons. The standard InChI is InChI=1S/C6H12N2O/c1-6(8-5-9)3-2-4-7/h6H,2-4,7H2,1H3. The summed E-state index contributed by atoms with van der Waals surface area (Å²) in [6.07, 6.45) is 3.31. The van der Waals surface area contributed by atoms with Gasteiger partial charge in [0, 0.05) is 0 Å².